The van der Waals surface area contributed by atoms with Crippen molar-refractivity contribution in [2.45, 2.75) is 45.1 Å². The molecule has 1 aromatic carbocycles. The Labute approximate surface area is 128 Å². The molecule has 1 heterocycles. The fourth-order valence-corrected chi connectivity index (χ4v) is 3.31. The summed E-state index contributed by atoms with van der Waals surface area (Å²) in [5.41, 5.74) is 2.14. The van der Waals surface area contributed by atoms with Crippen LogP contribution in [0.5, 0.6) is 0 Å². The third-order valence-electron chi connectivity index (χ3n) is 3.94. The number of para-hydroxylation sites is 1. The molecule has 1 aliphatic carbocycles. The summed E-state index contributed by atoms with van der Waals surface area (Å²) < 4.78 is 3.39. The summed E-state index contributed by atoms with van der Waals surface area (Å²) >= 11 is 3.58. The van der Waals surface area contributed by atoms with E-state index in [0.717, 1.165) is 21.8 Å². The summed E-state index contributed by atoms with van der Waals surface area (Å²) in [4.78, 5) is 4.65. The summed E-state index contributed by atoms with van der Waals surface area (Å²) in [6.45, 7) is 2.06. The number of halogens is 1. The van der Waals surface area contributed by atoms with Gasteiger partial charge in [-0.05, 0) is 47.8 Å². The molecular formula is C16H20BrN3. The highest BCUT2D eigenvalue weighted by molar-refractivity contribution is 9.10. The molecular weight excluding hydrogens is 314 g/mol. The van der Waals surface area contributed by atoms with E-state index < -0.39 is 0 Å². The molecule has 0 spiro atoms. The number of nitrogens with one attached hydrogen (secondary N) is 1. The molecule has 0 bridgehead atoms. The van der Waals surface area contributed by atoms with Crippen LogP contribution >= 0.6 is 15.9 Å². The molecule has 0 amide bonds. The second-order valence-corrected chi connectivity index (χ2v) is 6.36. The molecule has 4 heteroatoms. The van der Waals surface area contributed by atoms with E-state index in [0.29, 0.717) is 6.04 Å². The smallest absolute Gasteiger partial charge is 0.207 e. The number of hydrogen-bond acceptors (Lipinski definition) is 2. The van der Waals surface area contributed by atoms with Gasteiger partial charge in [0.25, 0.3) is 0 Å². The van der Waals surface area contributed by atoms with Gasteiger partial charge in [0, 0.05) is 16.7 Å². The zero-order valence-corrected chi connectivity index (χ0v) is 13.4. The van der Waals surface area contributed by atoms with Crippen LogP contribution in [-0.2, 0) is 0 Å². The van der Waals surface area contributed by atoms with Crippen molar-refractivity contribution in [3.8, 4) is 0 Å². The lowest BCUT2D eigenvalue weighted by atomic mass is 9.95. The molecule has 0 saturated heterocycles. The monoisotopic (exact) mass is 333 g/mol. The van der Waals surface area contributed by atoms with Gasteiger partial charge >= 0.3 is 0 Å². The maximum absolute atomic E-state index is 4.65. The van der Waals surface area contributed by atoms with E-state index in [2.05, 4.69) is 50.0 Å². The molecule has 1 N–H and O–H groups in total. The first-order valence-corrected chi connectivity index (χ1v) is 8.10. The Morgan fingerprint density at radius 2 is 1.95 bits per heavy atom. The predicted octanol–water partition coefficient (Wildman–Crippen LogP) is 5.20. The third-order valence-corrected chi connectivity index (χ3v) is 4.63. The van der Waals surface area contributed by atoms with Gasteiger partial charge in [0.05, 0.1) is 11.4 Å². The maximum atomic E-state index is 4.65. The Balaban J connectivity index is 1.87. The van der Waals surface area contributed by atoms with Gasteiger partial charge < -0.3 is 9.88 Å². The second kappa shape index (κ2) is 6.00. The third kappa shape index (κ3) is 2.90. The van der Waals surface area contributed by atoms with E-state index in [4.69, 9.17) is 0 Å². The van der Waals surface area contributed by atoms with Crippen molar-refractivity contribution in [1.82, 2.24) is 9.55 Å². The van der Waals surface area contributed by atoms with Crippen molar-refractivity contribution in [2.75, 3.05) is 5.32 Å². The Bertz CT molecular complexity index is 585. The predicted molar refractivity (Wildman–Crippen MR) is 86.5 cm³/mol. The number of imidazole rings is 1. The highest BCUT2D eigenvalue weighted by Gasteiger charge is 2.19. The van der Waals surface area contributed by atoms with Gasteiger partial charge in [-0.1, -0.05) is 31.4 Å². The molecule has 1 fully saturated rings. The molecule has 3 rings (SSSR count). The molecule has 0 unspecified atom stereocenters. The summed E-state index contributed by atoms with van der Waals surface area (Å²) in [5, 5.41) is 3.46. The van der Waals surface area contributed by atoms with Crippen LogP contribution in [0.25, 0.3) is 0 Å². The van der Waals surface area contributed by atoms with Crippen molar-refractivity contribution in [3.05, 3.63) is 40.6 Å². The van der Waals surface area contributed by atoms with Crippen molar-refractivity contribution >= 4 is 27.6 Å². The standard InChI is InChI=1S/C16H20BrN3/c1-12-11-20(13-7-3-2-4-8-13)16(18-12)19-15-10-6-5-9-14(15)17/h5-6,9-11,13H,2-4,7-8H2,1H3,(H,18,19). The van der Waals surface area contributed by atoms with Crippen LogP contribution in [0.15, 0.2) is 34.9 Å². The van der Waals surface area contributed by atoms with Crippen LogP contribution in [0.3, 0.4) is 0 Å². The van der Waals surface area contributed by atoms with Crippen molar-refractivity contribution < 1.29 is 0 Å². The number of rotatable bonds is 3. The van der Waals surface area contributed by atoms with Crippen LogP contribution in [0.4, 0.5) is 11.6 Å². The Morgan fingerprint density at radius 3 is 2.70 bits per heavy atom. The maximum Gasteiger partial charge on any atom is 0.207 e. The van der Waals surface area contributed by atoms with Gasteiger partial charge in [-0.25, -0.2) is 4.98 Å². The van der Waals surface area contributed by atoms with Gasteiger partial charge in [-0.3, -0.25) is 0 Å². The van der Waals surface area contributed by atoms with Crippen LogP contribution < -0.4 is 5.32 Å². The van der Waals surface area contributed by atoms with Crippen LogP contribution in [-0.4, -0.2) is 9.55 Å². The number of aromatic nitrogens is 2. The molecule has 1 saturated carbocycles. The minimum Gasteiger partial charge on any atom is -0.325 e. The summed E-state index contributed by atoms with van der Waals surface area (Å²) in [6.07, 6.45) is 8.74. The van der Waals surface area contributed by atoms with E-state index in [1.807, 2.05) is 18.2 Å². The molecule has 1 aliphatic rings. The number of nitrogens with zero attached hydrogens (tertiary/aromatic N) is 2. The average Bonchev–Trinajstić information content (AvgIpc) is 2.83. The fourth-order valence-electron chi connectivity index (χ4n) is 2.93. The number of anilines is 2. The lowest BCUT2D eigenvalue weighted by molar-refractivity contribution is 0.356. The van der Waals surface area contributed by atoms with E-state index in [-0.39, 0.29) is 0 Å². The minimum atomic E-state index is 0.593. The van der Waals surface area contributed by atoms with Crippen LogP contribution in [0.2, 0.25) is 0 Å². The average molecular weight is 334 g/mol. The summed E-state index contributed by atoms with van der Waals surface area (Å²) in [5.74, 6) is 0.960. The van der Waals surface area contributed by atoms with E-state index in [9.17, 15) is 0 Å². The quantitative estimate of drug-likeness (QED) is 0.836. The highest BCUT2D eigenvalue weighted by Crippen LogP contribution is 2.32. The van der Waals surface area contributed by atoms with Gasteiger partial charge in [0.15, 0.2) is 0 Å². The first-order chi connectivity index (χ1) is 9.74. The topological polar surface area (TPSA) is 29.9 Å². The Hall–Kier alpha value is -1.29. The zero-order chi connectivity index (χ0) is 13.9. The lowest BCUT2D eigenvalue weighted by Crippen LogP contribution is -2.14. The zero-order valence-electron chi connectivity index (χ0n) is 11.8. The van der Waals surface area contributed by atoms with Gasteiger partial charge in [0.1, 0.15) is 0 Å². The molecule has 3 nitrogen and oxygen atoms in total. The molecule has 1 aromatic heterocycles. The van der Waals surface area contributed by atoms with E-state index >= 15 is 0 Å². The summed E-state index contributed by atoms with van der Waals surface area (Å²) in [7, 11) is 0. The number of benzene rings is 1. The van der Waals surface area contributed by atoms with Crippen molar-refractivity contribution in [2.24, 2.45) is 0 Å². The molecule has 0 radical (unpaired) electrons. The van der Waals surface area contributed by atoms with Gasteiger partial charge in [-0.2, -0.15) is 0 Å². The highest BCUT2D eigenvalue weighted by atomic mass is 79.9. The van der Waals surface area contributed by atoms with Crippen molar-refractivity contribution in [3.63, 3.8) is 0 Å². The van der Waals surface area contributed by atoms with Gasteiger partial charge in [-0.15, -0.1) is 0 Å². The SMILES string of the molecule is Cc1cn(C2CCCCC2)c(Nc2ccccc2Br)n1. The van der Waals surface area contributed by atoms with Gasteiger partial charge in [0.2, 0.25) is 5.95 Å². The Kier molecular flexibility index (Phi) is 4.10. The first-order valence-electron chi connectivity index (χ1n) is 7.31. The summed E-state index contributed by atoms with van der Waals surface area (Å²) in [6, 6.07) is 8.76. The first kappa shape index (κ1) is 13.7. The Morgan fingerprint density at radius 1 is 1.20 bits per heavy atom. The fraction of sp³-hybridized carbons (Fsp3) is 0.438. The van der Waals surface area contributed by atoms with E-state index in [1.165, 1.54) is 32.1 Å². The van der Waals surface area contributed by atoms with Crippen molar-refractivity contribution in [1.29, 1.82) is 0 Å². The largest absolute Gasteiger partial charge is 0.325 e. The van der Waals surface area contributed by atoms with Crippen LogP contribution in [0, 0.1) is 6.92 Å². The number of aryl methyl sites for hydroxylation is 1. The second-order valence-electron chi connectivity index (χ2n) is 5.51. The molecule has 0 aliphatic heterocycles. The van der Waals surface area contributed by atoms with Crippen LogP contribution in [0.1, 0.15) is 43.8 Å². The number of hydrogen-bond donors (Lipinski definition) is 1. The normalized spacial score (nSPS) is 16.3. The minimum absolute atomic E-state index is 0.593. The molecule has 106 valence electrons. The molecule has 0 atom stereocenters. The molecule has 20 heavy (non-hydrogen) atoms. The molecule has 2 aromatic rings. The lowest BCUT2D eigenvalue weighted by Gasteiger charge is -2.24. The van der Waals surface area contributed by atoms with E-state index in [1.54, 1.807) is 0 Å².